The maximum absolute atomic E-state index is 12.6. The SMILES string of the molecule is Cc1nn(C2CCCCC2)c2sc(C(=O)NC3CCCCC3)cc12. The van der Waals surface area contributed by atoms with E-state index in [0.717, 1.165) is 23.4 Å². The van der Waals surface area contributed by atoms with Gasteiger partial charge < -0.3 is 5.32 Å². The lowest BCUT2D eigenvalue weighted by molar-refractivity contribution is 0.0932. The van der Waals surface area contributed by atoms with Crippen molar-refractivity contribution >= 4 is 27.5 Å². The third kappa shape index (κ3) is 3.10. The van der Waals surface area contributed by atoms with Crippen molar-refractivity contribution in [3.05, 3.63) is 16.6 Å². The molecule has 2 heterocycles. The van der Waals surface area contributed by atoms with Crippen molar-refractivity contribution in [1.29, 1.82) is 0 Å². The van der Waals surface area contributed by atoms with Crippen LogP contribution >= 0.6 is 11.3 Å². The van der Waals surface area contributed by atoms with Crippen LogP contribution in [0.15, 0.2) is 6.07 Å². The van der Waals surface area contributed by atoms with Crippen molar-refractivity contribution in [3.8, 4) is 0 Å². The number of rotatable bonds is 3. The average molecular weight is 346 g/mol. The van der Waals surface area contributed by atoms with Crippen molar-refractivity contribution in [2.45, 2.75) is 83.2 Å². The predicted molar refractivity (Wildman–Crippen MR) is 98.8 cm³/mol. The molecule has 5 heteroatoms. The van der Waals surface area contributed by atoms with Crippen molar-refractivity contribution < 1.29 is 4.79 Å². The van der Waals surface area contributed by atoms with Crippen LogP contribution in [0.25, 0.3) is 10.2 Å². The number of hydrogen-bond donors (Lipinski definition) is 1. The Morgan fingerprint density at radius 2 is 1.79 bits per heavy atom. The summed E-state index contributed by atoms with van der Waals surface area (Å²) in [6.07, 6.45) is 12.4. The second-order valence-electron chi connectivity index (χ2n) is 7.46. The van der Waals surface area contributed by atoms with Gasteiger partial charge in [-0.2, -0.15) is 5.10 Å². The largest absolute Gasteiger partial charge is 0.349 e. The molecule has 0 spiro atoms. The number of nitrogens with one attached hydrogen (secondary N) is 1. The van der Waals surface area contributed by atoms with E-state index < -0.39 is 0 Å². The van der Waals surface area contributed by atoms with Crippen LogP contribution in [-0.4, -0.2) is 21.7 Å². The fraction of sp³-hybridized carbons (Fsp3) is 0.684. The molecule has 2 aliphatic rings. The normalized spacial score (nSPS) is 20.5. The number of aromatic nitrogens is 2. The number of thiophene rings is 1. The fourth-order valence-electron chi connectivity index (χ4n) is 4.26. The summed E-state index contributed by atoms with van der Waals surface area (Å²) in [5.41, 5.74) is 1.06. The first-order valence-electron chi connectivity index (χ1n) is 9.52. The predicted octanol–water partition coefficient (Wildman–Crippen LogP) is 4.97. The summed E-state index contributed by atoms with van der Waals surface area (Å²) in [6, 6.07) is 2.94. The van der Waals surface area contributed by atoms with E-state index in [0.29, 0.717) is 12.1 Å². The zero-order valence-corrected chi connectivity index (χ0v) is 15.3. The van der Waals surface area contributed by atoms with Crippen molar-refractivity contribution in [2.24, 2.45) is 0 Å². The van der Waals surface area contributed by atoms with E-state index in [-0.39, 0.29) is 5.91 Å². The number of aryl methyl sites for hydroxylation is 1. The Labute approximate surface area is 147 Å². The molecule has 2 fully saturated rings. The van der Waals surface area contributed by atoms with E-state index in [1.54, 1.807) is 11.3 Å². The van der Waals surface area contributed by atoms with Crippen molar-refractivity contribution in [1.82, 2.24) is 15.1 Å². The Kier molecular flexibility index (Phi) is 4.61. The molecule has 0 unspecified atom stereocenters. The van der Waals surface area contributed by atoms with Gasteiger partial charge in [0, 0.05) is 11.4 Å². The van der Waals surface area contributed by atoms with Gasteiger partial charge in [-0.3, -0.25) is 9.48 Å². The van der Waals surface area contributed by atoms with E-state index in [4.69, 9.17) is 5.10 Å². The molecule has 0 aromatic carbocycles. The molecule has 130 valence electrons. The molecule has 2 aliphatic carbocycles. The van der Waals surface area contributed by atoms with Crippen LogP contribution in [0.1, 0.15) is 85.6 Å². The quantitative estimate of drug-likeness (QED) is 0.853. The van der Waals surface area contributed by atoms with Crippen LogP contribution in [0.3, 0.4) is 0 Å². The Morgan fingerprint density at radius 3 is 2.50 bits per heavy atom. The highest BCUT2D eigenvalue weighted by Gasteiger charge is 2.23. The second-order valence-corrected chi connectivity index (χ2v) is 8.49. The Morgan fingerprint density at radius 1 is 1.12 bits per heavy atom. The summed E-state index contributed by atoms with van der Waals surface area (Å²) in [5, 5.41) is 9.20. The van der Waals surface area contributed by atoms with Crippen molar-refractivity contribution in [2.75, 3.05) is 0 Å². The van der Waals surface area contributed by atoms with E-state index in [2.05, 4.69) is 23.0 Å². The molecular formula is C19H27N3OS. The number of carbonyl (C=O) groups excluding carboxylic acids is 1. The standard InChI is InChI=1S/C19H27N3OS/c1-13-16-12-17(18(23)20-14-8-4-2-5-9-14)24-19(16)22(21-13)15-10-6-3-7-11-15/h12,14-15H,2-11H2,1H3,(H,20,23). The van der Waals surface area contributed by atoms with Gasteiger partial charge in [-0.15, -0.1) is 11.3 Å². The summed E-state index contributed by atoms with van der Waals surface area (Å²) in [6.45, 7) is 2.07. The molecule has 24 heavy (non-hydrogen) atoms. The summed E-state index contributed by atoms with van der Waals surface area (Å²) < 4.78 is 2.21. The molecule has 2 aromatic heterocycles. The number of nitrogens with zero attached hydrogens (tertiary/aromatic N) is 2. The van der Waals surface area contributed by atoms with Crippen LogP contribution in [0.5, 0.6) is 0 Å². The maximum atomic E-state index is 12.6. The van der Waals surface area contributed by atoms with E-state index in [1.165, 1.54) is 61.6 Å². The molecule has 0 atom stereocenters. The third-order valence-corrected chi connectivity index (χ3v) is 6.78. The maximum Gasteiger partial charge on any atom is 0.261 e. The number of carbonyl (C=O) groups is 1. The summed E-state index contributed by atoms with van der Waals surface area (Å²) in [7, 11) is 0. The molecule has 0 radical (unpaired) electrons. The van der Waals surface area contributed by atoms with Gasteiger partial charge in [0.2, 0.25) is 0 Å². The van der Waals surface area contributed by atoms with E-state index >= 15 is 0 Å². The minimum absolute atomic E-state index is 0.109. The van der Waals surface area contributed by atoms with Crippen molar-refractivity contribution in [3.63, 3.8) is 0 Å². The van der Waals surface area contributed by atoms with Gasteiger partial charge in [-0.05, 0) is 38.7 Å². The molecule has 1 N–H and O–H groups in total. The molecule has 0 saturated heterocycles. The second kappa shape index (κ2) is 6.87. The van der Waals surface area contributed by atoms with Crippen LogP contribution in [-0.2, 0) is 0 Å². The highest BCUT2D eigenvalue weighted by molar-refractivity contribution is 7.20. The number of amides is 1. The first kappa shape index (κ1) is 16.1. The van der Waals surface area contributed by atoms with Gasteiger partial charge in [0.1, 0.15) is 4.83 Å². The smallest absolute Gasteiger partial charge is 0.261 e. The molecule has 1 amide bonds. The molecule has 4 nitrogen and oxygen atoms in total. The number of hydrogen-bond acceptors (Lipinski definition) is 3. The fourth-order valence-corrected chi connectivity index (χ4v) is 5.40. The molecule has 4 rings (SSSR count). The van der Waals surface area contributed by atoms with Crippen LogP contribution < -0.4 is 5.32 Å². The minimum atomic E-state index is 0.109. The lowest BCUT2D eigenvalue weighted by Gasteiger charge is -2.22. The van der Waals surface area contributed by atoms with Crippen LogP contribution in [0.4, 0.5) is 0 Å². The topological polar surface area (TPSA) is 46.9 Å². The molecule has 0 aliphatic heterocycles. The molecule has 2 saturated carbocycles. The first-order valence-corrected chi connectivity index (χ1v) is 10.3. The lowest BCUT2D eigenvalue weighted by atomic mass is 9.95. The monoisotopic (exact) mass is 345 g/mol. The Hall–Kier alpha value is -1.36. The van der Waals surface area contributed by atoms with Crippen LogP contribution in [0, 0.1) is 6.92 Å². The molecular weight excluding hydrogens is 318 g/mol. The van der Waals surface area contributed by atoms with Crippen LogP contribution in [0.2, 0.25) is 0 Å². The third-order valence-electron chi connectivity index (χ3n) is 5.65. The zero-order valence-electron chi connectivity index (χ0n) is 14.5. The minimum Gasteiger partial charge on any atom is -0.349 e. The van der Waals surface area contributed by atoms with Gasteiger partial charge in [0.25, 0.3) is 5.91 Å². The van der Waals surface area contributed by atoms with Gasteiger partial charge in [0.05, 0.1) is 16.6 Å². The van der Waals surface area contributed by atoms with Gasteiger partial charge in [-0.25, -0.2) is 0 Å². The van der Waals surface area contributed by atoms with E-state index in [9.17, 15) is 4.79 Å². The highest BCUT2D eigenvalue weighted by Crippen LogP contribution is 2.35. The first-order chi connectivity index (χ1) is 11.7. The summed E-state index contributed by atoms with van der Waals surface area (Å²) in [5.74, 6) is 0.109. The number of fused-ring (bicyclic) bond motifs is 1. The average Bonchev–Trinajstić information content (AvgIpc) is 3.18. The Balaban J connectivity index is 1.57. The van der Waals surface area contributed by atoms with Gasteiger partial charge in [0.15, 0.2) is 0 Å². The summed E-state index contributed by atoms with van der Waals surface area (Å²) in [4.78, 5) is 14.7. The lowest BCUT2D eigenvalue weighted by Crippen LogP contribution is -2.35. The Bertz CT molecular complexity index is 720. The molecule has 2 aromatic rings. The summed E-state index contributed by atoms with van der Waals surface area (Å²) >= 11 is 1.62. The van der Waals surface area contributed by atoms with E-state index in [1.807, 2.05) is 0 Å². The zero-order chi connectivity index (χ0) is 16.5. The molecule has 0 bridgehead atoms. The highest BCUT2D eigenvalue weighted by atomic mass is 32.1. The van der Waals surface area contributed by atoms with Gasteiger partial charge >= 0.3 is 0 Å². The van der Waals surface area contributed by atoms with Gasteiger partial charge in [-0.1, -0.05) is 38.5 Å².